The van der Waals surface area contributed by atoms with E-state index < -0.39 is 23.9 Å². The van der Waals surface area contributed by atoms with Crippen LogP contribution in [0.1, 0.15) is 77.6 Å². The molecule has 128 valence electrons. The highest BCUT2D eigenvalue weighted by atomic mass is 19.3. The van der Waals surface area contributed by atoms with Crippen LogP contribution in [0.4, 0.5) is 13.2 Å². The molecule has 0 amide bonds. The van der Waals surface area contributed by atoms with E-state index in [0.29, 0.717) is 12.8 Å². The lowest BCUT2D eigenvalue weighted by molar-refractivity contribution is -0.128. The highest BCUT2D eigenvalue weighted by Gasteiger charge is 2.62. The SMILES string of the molecule is CCCCC1CCC(C2CC3CCCC(F)C3C2(F)F)CC1. The number of hydrogen-bond acceptors (Lipinski definition) is 0. The van der Waals surface area contributed by atoms with Crippen LogP contribution in [0, 0.1) is 29.6 Å². The summed E-state index contributed by atoms with van der Waals surface area (Å²) in [5.41, 5.74) is 0. The standard InChI is InChI=1S/C19H31F3/c1-2-3-5-13-8-10-14(11-9-13)16-12-15-6-4-7-17(20)18(15)19(16,21)22/h13-18H,2-12H2,1H3. The third kappa shape index (κ3) is 3.06. The molecular weight excluding hydrogens is 285 g/mol. The van der Waals surface area contributed by atoms with Gasteiger partial charge in [-0.2, -0.15) is 0 Å². The van der Waals surface area contributed by atoms with Crippen molar-refractivity contribution in [3.8, 4) is 0 Å². The molecule has 3 rings (SSSR count). The minimum Gasteiger partial charge on any atom is -0.247 e. The summed E-state index contributed by atoms with van der Waals surface area (Å²) in [6.07, 6.45) is 9.19. The second kappa shape index (κ2) is 6.73. The van der Waals surface area contributed by atoms with Gasteiger partial charge in [-0.3, -0.25) is 0 Å². The molecule has 0 saturated heterocycles. The summed E-state index contributed by atoms with van der Waals surface area (Å²) in [4.78, 5) is 0. The number of unbranched alkanes of at least 4 members (excludes halogenated alkanes) is 1. The quantitative estimate of drug-likeness (QED) is 0.563. The predicted molar refractivity (Wildman–Crippen MR) is 83.8 cm³/mol. The van der Waals surface area contributed by atoms with E-state index in [0.717, 1.165) is 44.4 Å². The van der Waals surface area contributed by atoms with Crippen LogP contribution in [0.15, 0.2) is 0 Å². The van der Waals surface area contributed by atoms with Gasteiger partial charge in [-0.15, -0.1) is 0 Å². The van der Waals surface area contributed by atoms with Crippen molar-refractivity contribution in [3.63, 3.8) is 0 Å². The molecule has 3 aliphatic carbocycles. The lowest BCUT2D eigenvalue weighted by Crippen LogP contribution is -2.41. The van der Waals surface area contributed by atoms with Crippen LogP contribution in [0.2, 0.25) is 0 Å². The van der Waals surface area contributed by atoms with E-state index in [9.17, 15) is 13.2 Å². The van der Waals surface area contributed by atoms with Crippen molar-refractivity contribution < 1.29 is 13.2 Å². The number of halogens is 3. The molecule has 4 atom stereocenters. The lowest BCUT2D eigenvalue weighted by atomic mass is 9.72. The Balaban J connectivity index is 1.61. The summed E-state index contributed by atoms with van der Waals surface area (Å²) in [7, 11) is 0. The van der Waals surface area contributed by atoms with Gasteiger partial charge in [0.15, 0.2) is 0 Å². The number of fused-ring (bicyclic) bond motifs is 1. The zero-order valence-electron chi connectivity index (χ0n) is 13.9. The minimum atomic E-state index is -2.76. The fourth-order valence-electron chi connectivity index (χ4n) is 5.66. The van der Waals surface area contributed by atoms with Crippen molar-refractivity contribution in [1.82, 2.24) is 0 Å². The third-order valence-corrected chi connectivity index (χ3v) is 6.87. The van der Waals surface area contributed by atoms with Gasteiger partial charge < -0.3 is 0 Å². The summed E-state index contributed by atoms with van der Waals surface area (Å²) in [5, 5.41) is 0. The predicted octanol–water partition coefficient (Wildman–Crippen LogP) is 6.39. The van der Waals surface area contributed by atoms with Gasteiger partial charge in [0.2, 0.25) is 0 Å². The van der Waals surface area contributed by atoms with E-state index in [4.69, 9.17) is 0 Å². The van der Waals surface area contributed by atoms with E-state index in [1.807, 2.05) is 0 Å². The topological polar surface area (TPSA) is 0 Å². The molecule has 3 aliphatic rings. The Morgan fingerprint density at radius 3 is 2.32 bits per heavy atom. The second-order valence-corrected chi connectivity index (χ2v) is 8.17. The monoisotopic (exact) mass is 316 g/mol. The van der Waals surface area contributed by atoms with Crippen molar-refractivity contribution in [2.24, 2.45) is 29.6 Å². The Morgan fingerprint density at radius 2 is 1.68 bits per heavy atom. The average Bonchev–Trinajstić information content (AvgIpc) is 2.78. The Labute approximate surface area is 133 Å². The molecule has 3 fully saturated rings. The Morgan fingerprint density at radius 1 is 0.955 bits per heavy atom. The fourth-order valence-corrected chi connectivity index (χ4v) is 5.66. The van der Waals surface area contributed by atoms with Gasteiger partial charge in [0.25, 0.3) is 5.92 Å². The lowest BCUT2D eigenvalue weighted by Gasteiger charge is -2.37. The van der Waals surface area contributed by atoms with Gasteiger partial charge in [0.1, 0.15) is 6.17 Å². The van der Waals surface area contributed by atoms with Crippen LogP contribution in [-0.2, 0) is 0 Å². The molecule has 3 saturated carbocycles. The first-order valence-corrected chi connectivity index (χ1v) is 9.55. The first-order valence-electron chi connectivity index (χ1n) is 9.55. The van der Waals surface area contributed by atoms with Crippen molar-refractivity contribution in [2.75, 3.05) is 0 Å². The van der Waals surface area contributed by atoms with Gasteiger partial charge >= 0.3 is 0 Å². The van der Waals surface area contributed by atoms with Gasteiger partial charge in [-0.05, 0) is 49.9 Å². The molecule has 0 aromatic heterocycles. The van der Waals surface area contributed by atoms with Crippen LogP contribution in [0.25, 0.3) is 0 Å². The smallest absolute Gasteiger partial charge is 0.247 e. The largest absolute Gasteiger partial charge is 0.256 e. The molecule has 0 aliphatic heterocycles. The molecule has 0 bridgehead atoms. The maximum absolute atomic E-state index is 14.8. The Hall–Kier alpha value is -0.210. The molecule has 3 heteroatoms. The maximum atomic E-state index is 14.8. The number of rotatable bonds is 4. The zero-order valence-corrected chi connectivity index (χ0v) is 13.9. The van der Waals surface area contributed by atoms with E-state index in [1.54, 1.807) is 0 Å². The number of alkyl halides is 3. The molecule has 0 nitrogen and oxygen atoms in total. The maximum Gasteiger partial charge on any atom is 0.256 e. The molecule has 0 radical (unpaired) electrons. The second-order valence-electron chi connectivity index (χ2n) is 8.17. The minimum absolute atomic E-state index is 0.0541. The van der Waals surface area contributed by atoms with Crippen LogP contribution in [-0.4, -0.2) is 12.1 Å². The first-order chi connectivity index (χ1) is 10.5. The number of hydrogen-bond donors (Lipinski definition) is 0. The van der Waals surface area contributed by atoms with Gasteiger partial charge in [-0.25, -0.2) is 13.2 Å². The van der Waals surface area contributed by atoms with Crippen molar-refractivity contribution >= 4 is 0 Å². The molecule has 4 unspecified atom stereocenters. The molecular formula is C19H31F3. The summed E-state index contributed by atoms with van der Waals surface area (Å²) in [6, 6.07) is 0. The van der Waals surface area contributed by atoms with E-state index in [1.165, 1.54) is 19.3 Å². The molecule has 0 spiro atoms. The van der Waals surface area contributed by atoms with Gasteiger partial charge in [0.05, 0.1) is 5.92 Å². The third-order valence-electron chi connectivity index (χ3n) is 6.87. The summed E-state index contributed by atoms with van der Waals surface area (Å²) in [5.74, 6) is -3.42. The van der Waals surface area contributed by atoms with E-state index in [-0.39, 0.29) is 11.8 Å². The normalized spacial score (nSPS) is 44.7. The van der Waals surface area contributed by atoms with Crippen LogP contribution >= 0.6 is 0 Å². The van der Waals surface area contributed by atoms with Crippen LogP contribution in [0.3, 0.4) is 0 Å². The highest BCUT2D eigenvalue weighted by Crippen LogP contribution is 2.59. The molecule has 0 N–H and O–H groups in total. The summed E-state index contributed by atoms with van der Waals surface area (Å²) < 4.78 is 43.8. The van der Waals surface area contributed by atoms with Gasteiger partial charge in [0, 0.05) is 5.92 Å². The summed E-state index contributed by atoms with van der Waals surface area (Å²) >= 11 is 0. The molecule has 22 heavy (non-hydrogen) atoms. The van der Waals surface area contributed by atoms with Crippen molar-refractivity contribution in [2.45, 2.75) is 89.6 Å². The fraction of sp³-hybridized carbons (Fsp3) is 1.00. The van der Waals surface area contributed by atoms with E-state index in [2.05, 4.69) is 6.92 Å². The Kier molecular flexibility index (Phi) is 5.09. The van der Waals surface area contributed by atoms with Gasteiger partial charge in [-0.1, -0.05) is 45.4 Å². The average molecular weight is 316 g/mol. The highest BCUT2D eigenvalue weighted by molar-refractivity contribution is 5.04. The van der Waals surface area contributed by atoms with E-state index >= 15 is 0 Å². The van der Waals surface area contributed by atoms with Crippen LogP contribution in [0.5, 0.6) is 0 Å². The van der Waals surface area contributed by atoms with Crippen molar-refractivity contribution in [1.29, 1.82) is 0 Å². The first kappa shape index (κ1) is 16.6. The van der Waals surface area contributed by atoms with Crippen molar-refractivity contribution in [3.05, 3.63) is 0 Å². The van der Waals surface area contributed by atoms with Crippen LogP contribution < -0.4 is 0 Å². The molecule has 0 aromatic carbocycles. The molecule has 0 aromatic rings. The zero-order chi connectivity index (χ0) is 15.7. The molecule has 0 heterocycles. The Bertz CT molecular complexity index is 360. The summed E-state index contributed by atoms with van der Waals surface area (Å²) in [6.45, 7) is 2.21.